The van der Waals surface area contributed by atoms with E-state index in [2.05, 4.69) is 0 Å². The van der Waals surface area contributed by atoms with Crippen LogP contribution in [0.15, 0.2) is 53.4 Å². The van der Waals surface area contributed by atoms with Crippen LogP contribution in [0.4, 0.5) is 0 Å². The highest BCUT2D eigenvalue weighted by Crippen LogP contribution is 2.40. The van der Waals surface area contributed by atoms with E-state index in [4.69, 9.17) is 4.74 Å². The Balaban J connectivity index is 1.62. The number of carbonyl (C=O) groups is 2. The van der Waals surface area contributed by atoms with Crippen molar-refractivity contribution in [2.75, 3.05) is 13.1 Å². The molecule has 6 nitrogen and oxygen atoms in total. The Morgan fingerprint density at radius 3 is 2.70 bits per heavy atom. The molecule has 0 amide bonds. The molecule has 2 heterocycles. The molecule has 0 N–H and O–H groups in total. The van der Waals surface area contributed by atoms with Gasteiger partial charge in [0.2, 0.25) is 10.0 Å². The van der Waals surface area contributed by atoms with Gasteiger partial charge in [-0.05, 0) is 31.2 Å². The highest BCUT2D eigenvalue weighted by atomic mass is 32.2. The average Bonchev–Trinajstić information content (AvgIpc) is 3.05. The third kappa shape index (κ3) is 3.07. The number of Topliss-reactive ketones (excluding diaryl/α,β-unsaturated/α-hetero) is 2. The summed E-state index contributed by atoms with van der Waals surface area (Å²) < 4.78 is 33.5. The van der Waals surface area contributed by atoms with Crippen molar-refractivity contribution in [2.24, 2.45) is 0 Å². The number of ether oxygens (including phenoxy) is 1. The first-order valence-electron chi connectivity index (χ1n) is 8.73. The molecule has 2 aliphatic rings. The molecule has 4 rings (SSSR count). The second-order valence-corrected chi connectivity index (χ2v) is 8.99. The molecule has 7 heteroatoms. The Labute approximate surface area is 157 Å². The van der Waals surface area contributed by atoms with Crippen molar-refractivity contribution in [2.45, 2.75) is 30.3 Å². The maximum Gasteiger partial charge on any atom is 0.243 e. The highest BCUT2D eigenvalue weighted by Gasteiger charge is 2.48. The number of fused-ring (bicyclic) bond motifs is 1. The molecule has 0 aliphatic carbocycles. The molecule has 0 radical (unpaired) electrons. The van der Waals surface area contributed by atoms with E-state index < -0.39 is 15.6 Å². The largest absolute Gasteiger partial charge is 0.485 e. The van der Waals surface area contributed by atoms with Crippen LogP contribution < -0.4 is 4.74 Å². The van der Waals surface area contributed by atoms with Gasteiger partial charge in [-0.15, -0.1) is 0 Å². The van der Waals surface area contributed by atoms with Gasteiger partial charge in [0.15, 0.2) is 11.6 Å². The number of para-hydroxylation sites is 1. The number of hydrogen-bond acceptors (Lipinski definition) is 5. The lowest BCUT2D eigenvalue weighted by Gasteiger charge is -2.34. The first-order chi connectivity index (χ1) is 12.8. The van der Waals surface area contributed by atoms with Gasteiger partial charge in [-0.25, -0.2) is 8.42 Å². The summed E-state index contributed by atoms with van der Waals surface area (Å²) in [6, 6.07) is 13.1. The quantitative estimate of drug-likeness (QED) is 0.759. The smallest absolute Gasteiger partial charge is 0.243 e. The average molecular weight is 385 g/mol. The van der Waals surface area contributed by atoms with E-state index in [0.29, 0.717) is 23.3 Å². The van der Waals surface area contributed by atoms with Gasteiger partial charge in [0.25, 0.3) is 0 Å². The van der Waals surface area contributed by atoms with Gasteiger partial charge in [0.05, 0.1) is 23.4 Å². The van der Waals surface area contributed by atoms with Crippen molar-refractivity contribution in [3.05, 3.63) is 59.7 Å². The number of benzene rings is 2. The van der Waals surface area contributed by atoms with Crippen molar-refractivity contribution in [3.63, 3.8) is 0 Å². The third-order valence-corrected chi connectivity index (χ3v) is 7.00. The summed E-state index contributed by atoms with van der Waals surface area (Å²) >= 11 is 0. The minimum absolute atomic E-state index is 0.0327. The van der Waals surface area contributed by atoms with Crippen LogP contribution in [0.5, 0.6) is 5.75 Å². The lowest BCUT2D eigenvalue weighted by Crippen LogP contribution is -2.45. The molecular formula is C20H19NO5S. The van der Waals surface area contributed by atoms with Gasteiger partial charge in [-0.1, -0.05) is 24.3 Å². The number of sulfonamides is 1. The van der Waals surface area contributed by atoms with Crippen molar-refractivity contribution in [1.82, 2.24) is 4.31 Å². The standard InChI is InChI=1S/C20H19NO5S/c1-14(22)15-5-4-6-16(11-15)27(24,25)21-10-9-20(13-21)12-18(23)17-7-2-3-8-19(17)26-20/h2-8,11H,9-10,12-13H2,1H3. The van der Waals surface area contributed by atoms with Gasteiger partial charge < -0.3 is 4.74 Å². The van der Waals surface area contributed by atoms with Crippen molar-refractivity contribution in [3.8, 4) is 5.75 Å². The monoisotopic (exact) mass is 385 g/mol. The van der Waals surface area contributed by atoms with E-state index in [1.807, 2.05) is 0 Å². The van der Waals surface area contributed by atoms with Crippen LogP contribution in [-0.2, 0) is 10.0 Å². The summed E-state index contributed by atoms with van der Waals surface area (Å²) in [6.45, 7) is 1.78. The van der Waals surface area contributed by atoms with Crippen LogP contribution in [0.25, 0.3) is 0 Å². The van der Waals surface area contributed by atoms with Crippen LogP contribution in [-0.4, -0.2) is 43.0 Å². The fourth-order valence-electron chi connectivity index (χ4n) is 3.71. The number of rotatable bonds is 3. The first kappa shape index (κ1) is 17.9. The Morgan fingerprint density at radius 2 is 1.93 bits per heavy atom. The van der Waals surface area contributed by atoms with Crippen molar-refractivity contribution < 1.29 is 22.7 Å². The van der Waals surface area contributed by atoms with Crippen LogP contribution in [0.1, 0.15) is 40.5 Å². The van der Waals surface area contributed by atoms with Gasteiger partial charge in [-0.2, -0.15) is 4.31 Å². The second-order valence-electron chi connectivity index (χ2n) is 7.05. The molecule has 27 heavy (non-hydrogen) atoms. The van der Waals surface area contributed by atoms with E-state index in [1.54, 1.807) is 36.4 Å². The first-order valence-corrected chi connectivity index (χ1v) is 10.2. The SMILES string of the molecule is CC(=O)c1cccc(S(=O)(=O)N2CCC3(CC(=O)c4ccccc4O3)C2)c1. The van der Waals surface area contributed by atoms with Crippen molar-refractivity contribution in [1.29, 1.82) is 0 Å². The molecule has 1 spiro atoms. The van der Waals surface area contributed by atoms with Gasteiger partial charge in [-0.3, -0.25) is 9.59 Å². The molecular weight excluding hydrogens is 366 g/mol. The lowest BCUT2D eigenvalue weighted by molar-refractivity contribution is 0.0498. The van der Waals surface area contributed by atoms with E-state index in [1.165, 1.54) is 23.4 Å². The van der Waals surface area contributed by atoms with Gasteiger partial charge in [0, 0.05) is 18.5 Å². The Hall–Kier alpha value is -2.51. The third-order valence-electron chi connectivity index (χ3n) is 5.16. The zero-order chi connectivity index (χ0) is 19.2. The Bertz CT molecular complexity index is 1050. The Kier molecular flexibility index (Phi) is 4.16. The molecule has 2 aliphatic heterocycles. The fraction of sp³-hybridized carbons (Fsp3) is 0.300. The number of carbonyl (C=O) groups excluding carboxylic acids is 2. The fourth-order valence-corrected chi connectivity index (χ4v) is 5.27. The normalized spacial score (nSPS) is 22.5. The molecule has 0 aromatic heterocycles. The summed E-state index contributed by atoms with van der Waals surface area (Å²) in [5, 5.41) is 0. The minimum atomic E-state index is -3.78. The maximum absolute atomic E-state index is 13.0. The van der Waals surface area contributed by atoms with Crippen molar-refractivity contribution >= 4 is 21.6 Å². The summed E-state index contributed by atoms with van der Waals surface area (Å²) in [5.41, 5.74) is 0.0538. The highest BCUT2D eigenvalue weighted by molar-refractivity contribution is 7.89. The lowest BCUT2D eigenvalue weighted by atomic mass is 9.89. The molecule has 2 aromatic carbocycles. The van der Waals surface area contributed by atoms with Crippen LogP contribution >= 0.6 is 0 Å². The predicted molar refractivity (Wildman–Crippen MR) is 98.6 cm³/mol. The van der Waals surface area contributed by atoms with Gasteiger partial charge in [0.1, 0.15) is 11.4 Å². The molecule has 1 atom stereocenters. The zero-order valence-corrected chi connectivity index (χ0v) is 15.7. The summed E-state index contributed by atoms with van der Waals surface area (Å²) in [6.07, 6.45) is 0.599. The summed E-state index contributed by atoms with van der Waals surface area (Å²) in [5.74, 6) is 0.281. The summed E-state index contributed by atoms with van der Waals surface area (Å²) in [4.78, 5) is 24.2. The molecule has 140 valence electrons. The molecule has 1 fully saturated rings. The van der Waals surface area contributed by atoms with E-state index in [-0.39, 0.29) is 36.0 Å². The predicted octanol–water partition coefficient (Wildman–Crippen LogP) is 2.69. The molecule has 2 aromatic rings. The molecule has 0 saturated carbocycles. The van der Waals surface area contributed by atoms with Crippen LogP contribution in [0.2, 0.25) is 0 Å². The zero-order valence-electron chi connectivity index (χ0n) is 14.8. The molecule has 1 saturated heterocycles. The number of nitrogens with zero attached hydrogens (tertiary/aromatic N) is 1. The molecule has 0 bridgehead atoms. The van der Waals surface area contributed by atoms with E-state index in [0.717, 1.165) is 0 Å². The van der Waals surface area contributed by atoms with E-state index in [9.17, 15) is 18.0 Å². The number of ketones is 2. The van der Waals surface area contributed by atoms with E-state index >= 15 is 0 Å². The molecule has 1 unspecified atom stereocenters. The summed E-state index contributed by atoms with van der Waals surface area (Å²) in [7, 11) is -3.78. The maximum atomic E-state index is 13.0. The Morgan fingerprint density at radius 1 is 1.15 bits per heavy atom. The minimum Gasteiger partial charge on any atom is -0.485 e. The van der Waals surface area contributed by atoms with Crippen LogP contribution in [0.3, 0.4) is 0 Å². The van der Waals surface area contributed by atoms with Crippen LogP contribution in [0, 0.1) is 0 Å². The number of hydrogen-bond donors (Lipinski definition) is 0. The van der Waals surface area contributed by atoms with Gasteiger partial charge >= 0.3 is 0 Å². The second kappa shape index (κ2) is 6.28. The topological polar surface area (TPSA) is 80.8 Å².